The molecule has 2 aromatic rings. The van der Waals surface area contributed by atoms with E-state index >= 15 is 0 Å². The Morgan fingerprint density at radius 2 is 1.92 bits per heavy atom. The van der Waals surface area contributed by atoms with Crippen molar-refractivity contribution in [3.8, 4) is 5.75 Å². The zero-order chi connectivity index (χ0) is 18.6. The van der Waals surface area contributed by atoms with Crippen LogP contribution in [0.5, 0.6) is 5.75 Å². The molecule has 1 aromatic carbocycles. The summed E-state index contributed by atoms with van der Waals surface area (Å²) in [6, 6.07) is 8.99. The van der Waals surface area contributed by atoms with Crippen LogP contribution >= 0.6 is 0 Å². The van der Waals surface area contributed by atoms with Crippen molar-refractivity contribution < 1.29 is 22.4 Å². The quantitative estimate of drug-likeness (QED) is 0.752. The van der Waals surface area contributed by atoms with Gasteiger partial charge in [-0.15, -0.1) is 5.10 Å². The summed E-state index contributed by atoms with van der Waals surface area (Å²) < 4.78 is 35.3. The van der Waals surface area contributed by atoms with Crippen LogP contribution in [0.15, 0.2) is 40.0 Å². The Bertz CT molecular complexity index is 842. The van der Waals surface area contributed by atoms with Crippen LogP contribution in [0, 0.1) is 5.92 Å². The van der Waals surface area contributed by atoms with E-state index in [1.54, 1.807) is 17.0 Å². The summed E-state index contributed by atoms with van der Waals surface area (Å²) in [7, 11) is -3.97. The van der Waals surface area contributed by atoms with Gasteiger partial charge in [0, 0.05) is 13.1 Å². The lowest BCUT2D eigenvalue weighted by Gasteiger charge is -2.30. The van der Waals surface area contributed by atoms with E-state index in [-0.39, 0.29) is 12.5 Å². The molecule has 0 saturated carbocycles. The molecule has 26 heavy (non-hydrogen) atoms. The molecule has 0 spiro atoms. The number of piperidine rings is 1. The first-order valence-corrected chi connectivity index (χ1v) is 10.1. The van der Waals surface area contributed by atoms with Crippen molar-refractivity contribution in [2.75, 3.05) is 18.8 Å². The maximum atomic E-state index is 12.4. The third-order valence-electron chi connectivity index (χ3n) is 4.27. The second-order valence-corrected chi connectivity index (χ2v) is 8.25. The number of sulfone groups is 1. The molecule has 3 rings (SSSR count). The lowest BCUT2D eigenvalue weighted by atomic mass is 9.99. The Balaban J connectivity index is 1.59. The van der Waals surface area contributed by atoms with Crippen molar-refractivity contribution >= 4 is 15.7 Å². The monoisotopic (exact) mass is 379 g/mol. The molecule has 1 aliphatic heterocycles. The minimum Gasteiger partial charge on any atom is -0.484 e. The topological polar surface area (TPSA) is 103 Å². The van der Waals surface area contributed by atoms with Crippen molar-refractivity contribution in [1.29, 1.82) is 0 Å². The van der Waals surface area contributed by atoms with Gasteiger partial charge < -0.3 is 14.1 Å². The van der Waals surface area contributed by atoms with Crippen LogP contribution < -0.4 is 4.74 Å². The molecule has 140 valence electrons. The summed E-state index contributed by atoms with van der Waals surface area (Å²) in [5.41, 5.74) is 0. The van der Waals surface area contributed by atoms with Gasteiger partial charge in [0.1, 0.15) is 11.5 Å². The summed E-state index contributed by atoms with van der Waals surface area (Å²) in [4.78, 5) is 13.8. The van der Waals surface area contributed by atoms with Crippen LogP contribution in [0.25, 0.3) is 0 Å². The molecule has 1 fully saturated rings. The van der Waals surface area contributed by atoms with E-state index < -0.39 is 26.7 Å². The Hall–Kier alpha value is -2.42. The Morgan fingerprint density at radius 1 is 1.23 bits per heavy atom. The van der Waals surface area contributed by atoms with Gasteiger partial charge in [-0.05, 0) is 30.9 Å². The van der Waals surface area contributed by atoms with Crippen LogP contribution in [-0.2, 0) is 21.2 Å². The number of ether oxygens (including phenoxy) is 1. The molecular formula is C17H21N3O5S. The van der Waals surface area contributed by atoms with E-state index in [1.165, 1.54) is 0 Å². The second-order valence-electron chi connectivity index (χ2n) is 6.39. The first kappa shape index (κ1) is 18.4. The molecule has 1 saturated heterocycles. The number of likely N-dealkylation sites (tertiary alicyclic amines) is 1. The highest BCUT2D eigenvalue weighted by Gasteiger charge is 2.30. The van der Waals surface area contributed by atoms with Crippen LogP contribution in [0.1, 0.15) is 25.7 Å². The molecule has 8 nitrogen and oxygen atoms in total. The number of aromatic nitrogens is 2. The first-order chi connectivity index (χ1) is 12.4. The van der Waals surface area contributed by atoms with E-state index in [9.17, 15) is 13.2 Å². The van der Waals surface area contributed by atoms with E-state index in [2.05, 4.69) is 17.1 Å². The Morgan fingerprint density at radius 3 is 2.62 bits per heavy atom. The lowest BCUT2D eigenvalue weighted by Crippen LogP contribution is -2.41. The van der Waals surface area contributed by atoms with Gasteiger partial charge in [0.15, 0.2) is 6.61 Å². The number of carbonyl (C=O) groups is 1. The number of hydrogen-bond acceptors (Lipinski definition) is 7. The maximum Gasteiger partial charge on any atom is 0.336 e. The predicted octanol–water partition coefficient (Wildman–Crippen LogP) is 1.68. The molecule has 0 aliphatic carbocycles. The van der Waals surface area contributed by atoms with E-state index in [0.717, 1.165) is 12.8 Å². The summed E-state index contributed by atoms with van der Waals surface area (Å²) >= 11 is 0. The zero-order valence-corrected chi connectivity index (χ0v) is 15.3. The van der Waals surface area contributed by atoms with Gasteiger partial charge in [0.05, 0.1) is 0 Å². The van der Waals surface area contributed by atoms with Gasteiger partial charge in [-0.3, -0.25) is 4.79 Å². The van der Waals surface area contributed by atoms with Gasteiger partial charge in [-0.2, -0.15) is 0 Å². The SMILES string of the molecule is CC1CCN(C(=O)CS(=O)(=O)c2nnc(COc3ccccc3)o2)CC1. The summed E-state index contributed by atoms with van der Waals surface area (Å²) in [5.74, 6) is 0.0926. The van der Waals surface area contributed by atoms with Crippen molar-refractivity contribution in [2.24, 2.45) is 5.92 Å². The fourth-order valence-electron chi connectivity index (χ4n) is 2.66. The summed E-state index contributed by atoms with van der Waals surface area (Å²) in [6.07, 6.45) is 1.76. The molecule has 0 radical (unpaired) electrons. The third kappa shape index (κ3) is 4.60. The van der Waals surface area contributed by atoms with E-state index in [4.69, 9.17) is 9.15 Å². The zero-order valence-electron chi connectivity index (χ0n) is 14.5. The second kappa shape index (κ2) is 7.86. The molecule has 1 amide bonds. The van der Waals surface area contributed by atoms with Gasteiger partial charge >= 0.3 is 5.22 Å². The normalized spacial score (nSPS) is 15.8. The lowest BCUT2D eigenvalue weighted by molar-refractivity contribution is -0.129. The molecule has 9 heteroatoms. The van der Waals surface area contributed by atoms with Gasteiger partial charge in [0.2, 0.25) is 15.7 Å². The highest BCUT2D eigenvalue weighted by atomic mass is 32.2. The van der Waals surface area contributed by atoms with Crippen molar-refractivity contribution in [2.45, 2.75) is 31.6 Å². The number of nitrogens with zero attached hydrogens (tertiary/aromatic N) is 3. The molecule has 2 heterocycles. The van der Waals surface area contributed by atoms with Crippen LogP contribution in [0.4, 0.5) is 0 Å². The third-order valence-corrected chi connectivity index (χ3v) is 5.59. The number of amides is 1. The highest BCUT2D eigenvalue weighted by Crippen LogP contribution is 2.18. The Kier molecular flexibility index (Phi) is 5.55. The minimum atomic E-state index is -3.97. The predicted molar refractivity (Wildman–Crippen MR) is 92.1 cm³/mol. The Labute approximate surface area is 152 Å². The average molecular weight is 379 g/mol. The molecule has 0 atom stereocenters. The van der Waals surface area contributed by atoms with Gasteiger partial charge in [-0.25, -0.2) is 8.42 Å². The van der Waals surface area contributed by atoms with Crippen molar-refractivity contribution in [3.05, 3.63) is 36.2 Å². The first-order valence-electron chi connectivity index (χ1n) is 8.45. The minimum absolute atomic E-state index is 0.0340. The molecule has 0 N–H and O–H groups in total. The van der Waals surface area contributed by atoms with Gasteiger partial charge in [0.25, 0.3) is 5.89 Å². The van der Waals surface area contributed by atoms with Gasteiger partial charge in [-0.1, -0.05) is 30.2 Å². The van der Waals surface area contributed by atoms with Crippen LogP contribution in [0.3, 0.4) is 0 Å². The maximum absolute atomic E-state index is 12.4. The number of para-hydroxylation sites is 1. The summed E-state index contributed by atoms with van der Waals surface area (Å²) in [5, 5.41) is 6.68. The van der Waals surface area contributed by atoms with Crippen molar-refractivity contribution in [3.63, 3.8) is 0 Å². The molecule has 0 unspecified atom stereocenters. The smallest absolute Gasteiger partial charge is 0.336 e. The molecule has 1 aromatic heterocycles. The van der Waals surface area contributed by atoms with Crippen LogP contribution in [0.2, 0.25) is 0 Å². The van der Waals surface area contributed by atoms with E-state index in [0.29, 0.717) is 24.8 Å². The molecular weight excluding hydrogens is 358 g/mol. The van der Waals surface area contributed by atoms with Crippen LogP contribution in [-0.4, -0.2) is 48.3 Å². The largest absolute Gasteiger partial charge is 0.484 e. The average Bonchev–Trinajstić information content (AvgIpc) is 3.11. The molecule has 0 bridgehead atoms. The highest BCUT2D eigenvalue weighted by molar-refractivity contribution is 7.91. The standard InChI is InChI=1S/C17H21N3O5S/c1-13-7-9-20(10-8-13)16(21)12-26(22,23)17-19-18-15(25-17)11-24-14-5-3-2-4-6-14/h2-6,13H,7-12H2,1H3. The number of benzene rings is 1. The van der Waals surface area contributed by atoms with Crippen molar-refractivity contribution in [1.82, 2.24) is 15.1 Å². The number of carbonyl (C=O) groups excluding carboxylic acids is 1. The van der Waals surface area contributed by atoms with E-state index in [1.807, 2.05) is 18.2 Å². The fourth-order valence-corrected chi connectivity index (χ4v) is 3.68. The number of rotatable bonds is 6. The fraction of sp³-hybridized carbons (Fsp3) is 0.471. The number of hydrogen-bond donors (Lipinski definition) is 0. The molecule has 1 aliphatic rings. The summed E-state index contributed by atoms with van der Waals surface area (Å²) in [6.45, 7) is 3.23.